The van der Waals surface area contributed by atoms with E-state index < -0.39 is 35.4 Å². The molecule has 0 atom stereocenters. The highest BCUT2D eigenvalue weighted by molar-refractivity contribution is 5.88. The van der Waals surface area contributed by atoms with Gasteiger partial charge in [0.15, 0.2) is 0 Å². The van der Waals surface area contributed by atoms with Gasteiger partial charge >= 0.3 is 24.3 Å². The summed E-state index contributed by atoms with van der Waals surface area (Å²) in [6.45, 7) is 7.11. The summed E-state index contributed by atoms with van der Waals surface area (Å²) >= 11 is 0. The van der Waals surface area contributed by atoms with Gasteiger partial charge in [0, 0.05) is 65.4 Å². The highest BCUT2D eigenvalue weighted by atomic mass is 19.4. The summed E-state index contributed by atoms with van der Waals surface area (Å²) in [4.78, 5) is 30.3. The van der Waals surface area contributed by atoms with Crippen LogP contribution in [0.1, 0.15) is 43.0 Å². The monoisotopic (exact) mass is 604 g/mol. The van der Waals surface area contributed by atoms with Crippen molar-refractivity contribution in [1.82, 2.24) is 19.6 Å². The van der Waals surface area contributed by atoms with Crippen molar-refractivity contribution in [2.24, 2.45) is 0 Å². The largest absolute Gasteiger partial charge is 0.478 e. The van der Waals surface area contributed by atoms with E-state index in [9.17, 15) is 35.9 Å². The second-order valence-electron chi connectivity index (χ2n) is 10.6. The van der Waals surface area contributed by atoms with Crippen molar-refractivity contribution in [3.05, 3.63) is 69.8 Å². The molecule has 2 aromatic rings. The molecule has 0 bridgehead atoms. The van der Waals surface area contributed by atoms with Crippen LogP contribution in [0.25, 0.3) is 0 Å². The Hall–Kier alpha value is -3.20. The first-order valence-corrected chi connectivity index (χ1v) is 13.2. The normalized spacial score (nSPS) is 17.9. The van der Waals surface area contributed by atoms with E-state index in [1.165, 1.54) is 12.1 Å². The zero-order valence-electron chi connectivity index (χ0n) is 23.3. The van der Waals surface area contributed by atoms with E-state index in [4.69, 9.17) is 10.2 Å². The van der Waals surface area contributed by atoms with E-state index in [0.717, 1.165) is 64.5 Å². The van der Waals surface area contributed by atoms with Gasteiger partial charge in [0.25, 0.3) is 0 Å². The zero-order chi connectivity index (χ0) is 31.2. The van der Waals surface area contributed by atoms with Gasteiger partial charge in [-0.3, -0.25) is 9.80 Å². The second kappa shape index (κ2) is 13.8. The van der Waals surface area contributed by atoms with E-state index in [1.807, 2.05) is 23.9 Å². The highest BCUT2D eigenvalue weighted by Crippen LogP contribution is 2.32. The molecule has 42 heavy (non-hydrogen) atoms. The smallest absolute Gasteiger partial charge is 0.416 e. The number of aromatic carboxylic acids is 2. The van der Waals surface area contributed by atoms with Crippen LogP contribution in [0.5, 0.6) is 0 Å². The van der Waals surface area contributed by atoms with Crippen LogP contribution in [0.15, 0.2) is 36.4 Å². The Kier molecular flexibility index (Phi) is 11.0. The first-order chi connectivity index (χ1) is 19.5. The molecule has 0 aromatic heterocycles. The molecule has 0 spiro atoms. The molecular formula is C28H34F6N4O4. The number of carbonyl (C=O) groups is 2. The average Bonchev–Trinajstić information content (AvgIpc) is 2.90. The lowest BCUT2D eigenvalue weighted by Gasteiger charge is -2.32. The van der Waals surface area contributed by atoms with Gasteiger partial charge in [-0.2, -0.15) is 26.3 Å². The summed E-state index contributed by atoms with van der Waals surface area (Å²) in [5, 5.41) is 17.9. The number of rotatable bonds is 6. The predicted molar refractivity (Wildman–Crippen MR) is 142 cm³/mol. The van der Waals surface area contributed by atoms with Gasteiger partial charge in [-0.1, -0.05) is 0 Å². The van der Waals surface area contributed by atoms with Crippen molar-refractivity contribution in [3.8, 4) is 0 Å². The molecule has 14 heteroatoms. The first kappa shape index (κ1) is 33.3. The number of likely N-dealkylation sites (N-methyl/N-ethyl adjacent to an activating group) is 2. The van der Waals surface area contributed by atoms with Crippen LogP contribution in [0.3, 0.4) is 0 Å². The maximum absolute atomic E-state index is 12.8. The van der Waals surface area contributed by atoms with Crippen LogP contribution in [0, 0.1) is 0 Å². The van der Waals surface area contributed by atoms with Crippen LogP contribution in [0.4, 0.5) is 26.3 Å². The van der Waals surface area contributed by atoms with E-state index in [2.05, 4.69) is 9.80 Å². The molecule has 0 radical (unpaired) electrons. The Morgan fingerprint density at radius 3 is 1.17 bits per heavy atom. The molecule has 2 aliphatic heterocycles. The molecule has 8 nitrogen and oxygen atoms in total. The Bertz CT molecular complexity index is 1140. The number of benzene rings is 2. The van der Waals surface area contributed by atoms with Crippen molar-refractivity contribution in [2.45, 2.75) is 25.4 Å². The van der Waals surface area contributed by atoms with Crippen molar-refractivity contribution in [1.29, 1.82) is 0 Å². The summed E-state index contributed by atoms with van der Waals surface area (Å²) in [5.74, 6) is -2.69. The average molecular weight is 605 g/mol. The summed E-state index contributed by atoms with van der Waals surface area (Å²) in [6, 6.07) is 6.05. The highest BCUT2D eigenvalue weighted by Gasteiger charge is 2.33. The minimum absolute atomic E-state index is 0.325. The lowest BCUT2D eigenvalue weighted by Crippen LogP contribution is -2.43. The molecule has 0 amide bonds. The number of carboxylic acids is 2. The fourth-order valence-electron chi connectivity index (χ4n) is 4.67. The molecule has 0 aliphatic carbocycles. The molecule has 2 aliphatic rings. The third-order valence-corrected chi connectivity index (χ3v) is 7.14. The van der Waals surface area contributed by atoms with Gasteiger partial charge < -0.3 is 20.0 Å². The zero-order valence-corrected chi connectivity index (χ0v) is 23.3. The Labute approximate surface area is 239 Å². The van der Waals surface area contributed by atoms with Crippen molar-refractivity contribution < 1.29 is 46.1 Å². The number of hydrogen-bond acceptors (Lipinski definition) is 6. The Morgan fingerprint density at radius 1 is 0.595 bits per heavy atom. The number of piperazine rings is 2. The maximum atomic E-state index is 12.8. The predicted octanol–water partition coefficient (Wildman–Crippen LogP) is 4.30. The molecule has 2 heterocycles. The summed E-state index contributed by atoms with van der Waals surface area (Å²) < 4.78 is 77.0. The standard InChI is InChI=1S/2C14H17F3N2O2/c2*1-18-2-4-19(5-3-18)9-10-6-11(13(20)21)8-12(7-10)14(15,16)17/h2*6-8H,2-5,9H2,1H3,(H,20,21). The van der Waals surface area contributed by atoms with Crippen molar-refractivity contribution in [2.75, 3.05) is 66.5 Å². The molecule has 0 unspecified atom stereocenters. The van der Waals surface area contributed by atoms with Gasteiger partial charge in [0.05, 0.1) is 22.3 Å². The van der Waals surface area contributed by atoms with Gasteiger partial charge in [-0.25, -0.2) is 9.59 Å². The lowest BCUT2D eigenvalue weighted by molar-refractivity contribution is -0.138. The van der Waals surface area contributed by atoms with Gasteiger partial charge in [-0.05, 0) is 61.6 Å². The fourth-order valence-corrected chi connectivity index (χ4v) is 4.67. The number of halogens is 6. The topological polar surface area (TPSA) is 87.6 Å². The molecule has 4 rings (SSSR count). The Balaban J connectivity index is 0.000000230. The third-order valence-electron chi connectivity index (χ3n) is 7.14. The third kappa shape index (κ3) is 9.96. The van der Waals surface area contributed by atoms with Crippen molar-refractivity contribution >= 4 is 11.9 Å². The number of alkyl halides is 6. The lowest BCUT2D eigenvalue weighted by atomic mass is 10.0. The number of hydrogen-bond donors (Lipinski definition) is 2. The molecule has 2 fully saturated rings. The molecular weight excluding hydrogens is 570 g/mol. The van der Waals surface area contributed by atoms with Crippen molar-refractivity contribution in [3.63, 3.8) is 0 Å². The van der Waals surface area contributed by atoms with E-state index in [0.29, 0.717) is 36.3 Å². The quantitative estimate of drug-likeness (QED) is 0.473. The molecule has 2 saturated heterocycles. The Morgan fingerprint density at radius 2 is 0.905 bits per heavy atom. The van der Waals surface area contributed by atoms with Crippen LogP contribution in [0.2, 0.25) is 0 Å². The van der Waals surface area contributed by atoms with Crippen LogP contribution in [-0.4, -0.2) is 108 Å². The van der Waals surface area contributed by atoms with Gasteiger partial charge in [-0.15, -0.1) is 0 Å². The molecule has 232 valence electrons. The van der Waals surface area contributed by atoms with E-state index in [-0.39, 0.29) is 11.1 Å². The SMILES string of the molecule is CN1CCN(Cc2cc(C(=O)O)cc(C(F)(F)F)c2)CC1.CN1CCN(Cc2cc(C(=O)O)cc(C(F)(F)F)c2)CC1. The van der Waals surface area contributed by atoms with E-state index >= 15 is 0 Å². The first-order valence-electron chi connectivity index (χ1n) is 13.2. The van der Waals surface area contributed by atoms with Crippen LogP contribution in [-0.2, 0) is 25.4 Å². The number of carboxylic acid groups (broad SMARTS) is 2. The number of nitrogens with zero attached hydrogens (tertiary/aromatic N) is 4. The summed E-state index contributed by atoms with van der Waals surface area (Å²) in [6.07, 6.45) is -9.08. The van der Waals surface area contributed by atoms with Gasteiger partial charge in [0.1, 0.15) is 0 Å². The fraction of sp³-hybridized carbons (Fsp3) is 0.500. The molecule has 2 N–H and O–H groups in total. The maximum Gasteiger partial charge on any atom is 0.416 e. The van der Waals surface area contributed by atoms with E-state index in [1.54, 1.807) is 0 Å². The van der Waals surface area contributed by atoms with Crippen LogP contribution >= 0.6 is 0 Å². The molecule has 0 saturated carbocycles. The molecule has 2 aromatic carbocycles. The minimum atomic E-state index is -4.54. The second-order valence-corrected chi connectivity index (χ2v) is 10.6. The minimum Gasteiger partial charge on any atom is -0.478 e. The summed E-state index contributed by atoms with van der Waals surface area (Å²) in [5.41, 5.74) is -1.71. The van der Waals surface area contributed by atoms with Crippen LogP contribution < -0.4 is 0 Å². The van der Waals surface area contributed by atoms with Gasteiger partial charge in [0.2, 0.25) is 0 Å². The summed E-state index contributed by atoms with van der Waals surface area (Å²) in [7, 11) is 3.98.